The highest BCUT2D eigenvalue weighted by molar-refractivity contribution is 7.08. The highest BCUT2D eigenvalue weighted by Gasteiger charge is 2.16. The summed E-state index contributed by atoms with van der Waals surface area (Å²) in [4.78, 5) is 16.6. The van der Waals surface area contributed by atoms with E-state index in [1.807, 2.05) is 42.8 Å². The number of thiophene rings is 1. The molecule has 0 unspecified atom stereocenters. The molecule has 0 radical (unpaired) electrons. The van der Waals surface area contributed by atoms with Gasteiger partial charge in [0.25, 0.3) is 0 Å². The second kappa shape index (κ2) is 6.83. The zero-order valence-corrected chi connectivity index (χ0v) is 13.9. The zero-order chi connectivity index (χ0) is 16.2. The molecule has 0 saturated carbocycles. The zero-order valence-electron chi connectivity index (χ0n) is 13.0. The van der Waals surface area contributed by atoms with E-state index >= 15 is 0 Å². The van der Waals surface area contributed by atoms with Crippen molar-refractivity contribution >= 4 is 17.2 Å². The highest BCUT2D eigenvalue weighted by atomic mass is 32.1. The van der Waals surface area contributed by atoms with Gasteiger partial charge in [-0.1, -0.05) is 0 Å². The number of hydrogen-bond donors (Lipinski definition) is 1. The van der Waals surface area contributed by atoms with Crippen molar-refractivity contribution in [3.05, 3.63) is 52.4 Å². The number of nitrogens with one attached hydrogen (secondary N) is 1. The van der Waals surface area contributed by atoms with Crippen molar-refractivity contribution in [2.75, 3.05) is 0 Å². The van der Waals surface area contributed by atoms with E-state index in [2.05, 4.69) is 10.3 Å². The summed E-state index contributed by atoms with van der Waals surface area (Å²) in [6.07, 6.45) is 2.51. The quantitative estimate of drug-likeness (QED) is 0.750. The van der Waals surface area contributed by atoms with Gasteiger partial charge in [0, 0.05) is 23.4 Å². The molecule has 5 nitrogen and oxygen atoms in total. The van der Waals surface area contributed by atoms with Crippen molar-refractivity contribution in [1.82, 2.24) is 10.3 Å². The average Bonchev–Trinajstić information content (AvgIpc) is 3.21. The Bertz CT molecular complexity index is 760. The van der Waals surface area contributed by atoms with Gasteiger partial charge < -0.3 is 14.2 Å². The Hall–Kier alpha value is -2.34. The summed E-state index contributed by atoms with van der Waals surface area (Å²) in [6.45, 7) is 3.78. The molecule has 0 aliphatic carbocycles. The van der Waals surface area contributed by atoms with Crippen LogP contribution >= 0.6 is 11.3 Å². The third-order valence-electron chi connectivity index (χ3n) is 3.48. The fraction of sp³-hybridized carbons (Fsp3) is 0.294. The minimum atomic E-state index is -0.0719. The number of furan rings is 1. The average molecular weight is 330 g/mol. The summed E-state index contributed by atoms with van der Waals surface area (Å²) in [7, 11) is 0. The summed E-state index contributed by atoms with van der Waals surface area (Å²) in [6, 6.07) is 5.69. The van der Waals surface area contributed by atoms with Crippen LogP contribution < -0.4 is 5.32 Å². The van der Waals surface area contributed by atoms with Gasteiger partial charge in [-0.2, -0.15) is 11.3 Å². The lowest BCUT2D eigenvalue weighted by Crippen LogP contribution is -2.35. The van der Waals surface area contributed by atoms with Crippen LogP contribution in [0.15, 0.2) is 44.1 Å². The van der Waals surface area contributed by atoms with E-state index in [-0.39, 0.29) is 18.4 Å². The van der Waals surface area contributed by atoms with Crippen molar-refractivity contribution < 1.29 is 13.6 Å². The Labute approximate surface area is 138 Å². The van der Waals surface area contributed by atoms with Crippen molar-refractivity contribution in [2.45, 2.75) is 32.7 Å². The molecule has 23 heavy (non-hydrogen) atoms. The molecule has 0 fully saturated rings. The molecule has 1 amide bonds. The lowest BCUT2D eigenvalue weighted by Gasteiger charge is -2.11. The topological polar surface area (TPSA) is 68.3 Å². The van der Waals surface area contributed by atoms with Crippen molar-refractivity contribution in [3.63, 3.8) is 0 Å². The lowest BCUT2D eigenvalue weighted by molar-refractivity contribution is -0.121. The summed E-state index contributed by atoms with van der Waals surface area (Å²) in [5.41, 5.74) is 1.62. The first kappa shape index (κ1) is 15.6. The van der Waals surface area contributed by atoms with Crippen LogP contribution in [0.3, 0.4) is 0 Å². The molecule has 3 heterocycles. The number of oxazole rings is 1. The maximum absolute atomic E-state index is 12.2. The van der Waals surface area contributed by atoms with Crippen LogP contribution in [0.25, 0.3) is 11.5 Å². The second-order valence-electron chi connectivity index (χ2n) is 5.46. The Morgan fingerprint density at radius 2 is 2.30 bits per heavy atom. The van der Waals surface area contributed by atoms with Crippen LogP contribution in [0, 0.1) is 6.92 Å². The Kier molecular flexibility index (Phi) is 4.62. The molecule has 120 valence electrons. The first-order valence-corrected chi connectivity index (χ1v) is 8.36. The molecule has 0 aliphatic heterocycles. The van der Waals surface area contributed by atoms with E-state index < -0.39 is 0 Å². The largest absolute Gasteiger partial charge is 0.469 e. The number of hydrogen-bond acceptors (Lipinski definition) is 5. The SMILES string of the molecule is Cc1oc(-c2ccsc2)nc1CC(=O)N[C@H](C)Cc1ccco1. The number of aromatic nitrogens is 1. The predicted molar refractivity (Wildman–Crippen MR) is 88.3 cm³/mol. The fourth-order valence-electron chi connectivity index (χ4n) is 2.36. The third kappa shape index (κ3) is 3.90. The van der Waals surface area contributed by atoms with Crippen LogP contribution in [0.4, 0.5) is 0 Å². The molecule has 0 aliphatic rings. The van der Waals surface area contributed by atoms with Gasteiger partial charge in [-0.25, -0.2) is 4.98 Å². The monoisotopic (exact) mass is 330 g/mol. The van der Waals surface area contributed by atoms with Crippen molar-refractivity contribution in [2.24, 2.45) is 0 Å². The molecule has 6 heteroatoms. The minimum Gasteiger partial charge on any atom is -0.469 e. The van der Waals surface area contributed by atoms with Crippen molar-refractivity contribution in [3.8, 4) is 11.5 Å². The summed E-state index contributed by atoms with van der Waals surface area (Å²) in [5, 5.41) is 6.90. The molecular formula is C17H18N2O3S. The van der Waals surface area contributed by atoms with Gasteiger partial charge in [0.2, 0.25) is 11.8 Å². The maximum atomic E-state index is 12.2. The lowest BCUT2D eigenvalue weighted by atomic mass is 10.2. The molecule has 0 spiro atoms. The van der Waals surface area contributed by atoms with Gasteiger partial charge in [-0.05, 0) is 37.4 Å². The van der Waals surface area contributed by atoms with Crippen LogP contribution in [0.1, 0.15) is 24.1 Å². The van der Waals surface area contributed by atoms with Gasteiger partial charge >= 0.3 is 0 Å². The first-order chi connectivity index (χ1) is 11.1. The number of aryl methyl sites for hydroxylation is 1. The van der Waals surface area contributed by atoms with E-state index in [1.54, 1.807) is 17.6 Å². The van der Waals surface area contributed by atoms with Crippen LogP contribution in [-0.4, -0.2) is 16.9 Å². The summed E-state index contributed by atoms with van der Waals surface area (Å²) < 4.78 is 10.9. The molecule has 0 aromatic carbocycles. The van der Waals surface area contributed by atoms with Gasteiger partial charge in [0.15, 0.2) is 0 Å². The van der Waals surface area contributed by atoms with Gasteiger partial charge in [0.1, 0.15) is 11.5 Å². The molecule has 1 N–H and O–H groups in total. The van der Waals surface area contributed by atoms with Gasteiger partial charge in [-0.15, -0.1) is 0 Å². The maximum Gasteiger partial charge on any atom is 0.227 e. The van der Waals surface area contributed by atoms with Gasteiger partial charge in [0.05, 0.1) is 18.4 Å². The van der Waals surface area contributed by atoms with E-state index in [1.165, 1.54) is 0 Å². The van der Waals surface area contributed by atoms with E-state index in [0.717, 1.165) is 11.3 Å². The fourth-order valence-corrected chi connectivity index (χ4v) is 2.99. The van der Waals surface area contributed by atoms with Crippen LogP contribution in [0.2, 0.25) is 0 Å². The number of amides is 1. The molecule has 3 aromatic rings. The molecular weight excluding hydrogens is 312 g/mol. The van der Waals surface area contributed by atoms with E-state index in [4.69, 9.17) is 8.83 Å². The Balaban J connectivity index is 1.59. The number of nitrogens with zero attached hydrogens (tertiary/aromatic N) is 1. The standard InChI is InChI=1S/C17H18N2O3S/c1-11(8-14-4-3-6-21-14)18-16(20)9-15-12(2)22-17(19-15)13-5-7-23-10-13/h3-7,10-11H,8-9H2,1-2H3,(H,18,20)/t11-/m1/s1. The molecule has 3 aromatic heterocycles. The molecule has 1 atom stereocenters. The Morgan fingerprint density at radius 1 is 1.43 bits per heavy atom. The second-order valence-corrected chi connectivity index (χ2v) is 6.24. The van der Waals surface area contributed by atoms with Crippen molar-refractivity contribution in [1.29, 1.82) is 0 Å². The van der Waals surface area contributed by atoms with Crippen LogP contribution in [-0.2, 0) is 17.6 Å². The number of carbonyl (C=O) groups excluding carboxylic acids is 1. The minimum absolute atomic E-state index is 0.00259. The molecule has 0 saturated heterocycles. The molecule has 3 rings (SSSR count). The molecule has 0 bridgehead atoms. The first-order valence-electron chi connectivity index (χ1n) is 7.42. The highest BCUT2D eigenvalue weighted by Crippen LogP contribution is 2.24. The number of rotatable bonds is 6. The Morgan fingerprint density at radius 3 is 3.00 bits per heavy atom. The smallest absolute Gasteiger partial charge is 0.227 e. The van der Waals surface area contributed by atoms with Crippen LogP contribution in [0.5, 0.6) is 0 Å². The summed E-state index contributed by atoms with van der Waals surface area (Å²) >= 11 is 1.59. The van der Waals surface area contributed by atoms with E-state index in [9.17, 15) is 4.79 Å². The normalized spacial score (nSPS) is 12.3. The van der Waals surface area contributed by atoms with E-state index in [0.29, 0.717) is 23.8 Å². The summed E-state index contributed by atoms with van der Waals surface area (Å²) in [5.74, 6) is 2.03. The number of carbonyl (C=O) groups is 1. The third-order valence-corrected chi connectivity index (χ3v) is 4.17. The predicted octanol–water partition coefficient (Wildman–Crippen LogP) is 3.59. The van der Waals surface area contributed by atoms with Gasteiger partial charge in [-0.3, -0.25) is 4.79 Å².